The van der Waals surface area contributed by atoms with Gasteiger partial charge >= 0.3 is 0 Å². The smallest absolute Gasteiger partial charge is 0.0528 e. The number of hydrogen-bond donors (Lipinski definition) is 2. The van der Waals surface area contributed by atoms with Crippen molar-refractivity contribution < 1.29 is 0 Å². The van der Waals surface area contributed by atoms with Gasteiger partial charge in [0, 0.05) is 22.0 Å². The van der Waals surface area contributed by atoms with Gasteiger partial charge in [-0.15, -0.1) is 11.3 Å². The average Bonchev–Trinajstić information content (AvgIpc) is 2.73. The number of hydrogen-bond acceptors (Lipinski definition) is 3. The van der Waals surface area contributed by atoms with Crippen LogP contribution in [0.5, 0.6) is 0 Å². The quantitative estimate of drug-likeness (QED) is 0.749. The van der Waals surface area contributed by atoms with Crippen LogP contribution in [0.2, 0.25) is 0 Å². The van der Waals surface area contributed by atoms with Crippen LogP contribution in [0.25, 0.3) is 10.1 Å². The molecule has 1 aromatic carbocycles. The summed E-state index contributed by atoms with van der Waals surface area (Å²) in [6, 6.07) is 8.55. The van der Waals surface area contributed by atoms with Gasteiger partial charge < -0.3 is 10.6 Å². The van der Waals surface area contributed by atoms with Gasteiger partial charge in [0.2, 0.25) is 0 Å². The summed E-state index contributed by atoms with van der Waals surface area (Å²) >= 11 is 1.81. The lowest BCUT2D eigenvalue weighted by atomic mass is 10.2. The summed E-state index contributed by atoms with van der Waals surface area (Å²) in [6.45, 7) is 2.16. The number of fused-ring (bicyclic) bond motifs is 1. The third kappa shape index (κ3) is 2.74. The Balaban J connectivity index is 1.89. The van der Waals surface area contributed by atoms with Crippen LogP contribution < -0.4 is 10.6 Å². The Kier molecular flexibility index (Phi) is 4.19. The van der Waals surface area contributed by atoms with E-state index in [1.54, 1.807) is 0 Å². The minimum absolute atomic E-state index is 1.06. The van der Waals surface area contributed by atoms with Crippen molar-refractivity contribution in [3.63, 3.8) is 0 Å². The molecule has 0 aliphatic heterocycles. The first-order valence-electron chi connectivity index (χ1n) is 5.76. The van der Waals surface area contributed by atoms with E-state index in [1.165, 1.54) is 28.6 Å². The monoisotopic (exact) mass is 234 g/mol. The van der Waals surface area contributed by atoms with Crippen molar-refractivity contribution >= 4 is 27.1 Å². The molecular weight excluding hydrogens is 216 g/mol. The van der Waals surface area contributed by atoms with Crippen LogP contribution in [0.3, 0.4) is 0 Å². The second-order valence-corrected chi connectivity index (χ2v) is 4.79. The number of anilines is 1. The summed E-state index contributed by atoms with van der Waals surface area (Å²) in [7, 11) is 2.00. The first-order chi connectivity index (χ1) is 7.92. The van der Waals surface area contributed by atoms with Gasteiger partial charge in [0.15, 0.2) is 0 Å². The molecular formula is C13H18N2S. The zero-order valence-corrected chi connectivity index (χ0v) is 10.4. The summed E-state index contributed by atoms with van der Waals surface area (Å²) < 4.78 is 1.36. The van der Waals surface area contributed by atoms with Gasteiger partial charge in [-0.1, -0.05) is 18.2 Å². The molecule has 2 N–H and O–H groups in total. The van der Waals surface area contributed by atoms with E-state index in [2.05, 4.69) is 40.3 Å². The SMILES string of the molecule is CNCCCCNc1csc2ccccc12. The van der Waals surface area contributed by atoms with Crippen molar-refractivity contribution in [1.82, 2.24) is 5.32 Å². The van der Waals surface area contributed by atoms with Gasteiger partial charge in [-0.2, -0.15) is 0 Å². The Morgan fingerprint density at radius 1 is 1.12 bits per heavy atom. The van der Waals surface area contributed by atoms with E-state index >= 15 is 0 Å². The molecule has 0 saturated heterocycles. The number of rotatable bonds is 6. The zero-order valence-electron chi connectivity index (χ0n) is 9.62. The van der Waals surface area contributed by atoms with E-state index in [0.717, 1.165) is 13.1 Å². The highest BCUT2D eigenvalue weighted by Gasteiger charge is 2.01. The van der Waals surface area contributed by atoms with Crippen LogP contribution in [0.15, 0.2) is 29.6 Å². The van der Waals surface area contributed by atoms with Crippen LogP contribution >= 0.6 is 11.3 Å². The molecule has 0 spiro atoms. The van der Waals surface area contributed by atoms with Crippen molar-refractivity contribution in [3.05, 3.63) is 29.6 Å². The molecule has 0 bridgehead atoms. The molecule has 0 saturated carbocycles. The zero-order chi connectivity index (χ0) is 11.2. The number of thiophene rings is 1. The molecule has 0 unspecified atom stereocenters. The Morgan fingerprint density at radius 3 is 2.81 bits per heavy atom. The maximum absolute atomic E-state index is 3.51. The number of benzene rings is 1. The highest BCUT2D eigenvalue weighted by atomic mass is 32.1. The predicted molar refractivity (Wildman–Crippen MR) is 73.5 cm³/mol. The first-order valence-corrected chi connectivity index (χ1v) is 6.64. The molecule has 2 nitrogen and oxygen atoms in total. The molecule has 16 heavy (non-hydrogen) atoms. The highest BCUT2D eigenvalue weighted by Crippen LogP contribution is 2.29. The van der Waals surface area contributed by atoms with E-state index in [0.29, 0.717) is 0 Å². The minimum atomic E-state index is 1.06. The largest absolute Gasteiger partial charge is 0.384 e. The van der Waals surface area contributed by atoms with Gasteiger partial charge in [0.1, 0.15) is 0 Å². The van der Waals surface area contributed by atoms with E-state index in [9.17, 15) is 0 Å². The van der Waals surface area contributed by atoms with Crippen molar-refractivity contribution in [2.24, 2.45) is 0 Å². The third-order valence-electron chi connectivity index (χ3n) is 2.65. The summed E-state index contributed by atoms with van der Waals surface area (Å²) in [5.74, 6) is 0. The molecule has 1 heterocycles. The van der Waals surface area contributed by atoms with Crippen molar-refractivity contribution in [1.29, 1.82) is 0 Å². The summed E-state index contributed by atoms with van der Waals surface area (Å²) in [5, 5.41) is 10.2. The molecule has 3 heteroatoms. The normalized spacial score (nSPS) is 10.8. The molecule has 0 radical (unpaired) electrons. The number of unbranched alkanes of at least 4 members (excludes halogenated alkanes) is 1. The van der Waals surface area contributed by atoms with Crippen LogP contribution in [0, 0.1) is 0 Å². The fraction of sp³-hybridized carbons (Fsp3) is 0.385. The molecule has 1 aromatic heterocycles. The van der Waals surface area contributed by atoms with Crippen LogP contribution in [0.1, 0.15) is 12.8 Å². The Labute approximate surface area is 101 Å². The molecule has 0 atom stereocenters. The molecule has 0 amide bonds. The lowest BCUT2D eigenvalue weighted by Gasteiger charge is -2.04. The molecule has 86 valence electrons. The summed E-state index contributed by atoms with van der Waals surface area (Å²) in [4.78, 5) is 0. The van der Waals surface area contributed by atoms with Gasteiger partial charge in [0.05, 0.1) is 5.69 Å². The molecule has 0 aliphatic rings. The Bertz CT molecular complexity index is 436. The van der Waals surface area contributed by atoms with Crippen LogP contribution in [0.4, 0.5) is 5.69 Å². The van der Waals surface area contributed by atoms with Gasteiger partial charge in [-0.3, -0.25) is 0 Å². The fourth-order valence-corrected chi connectivity index (χ4v) is 2.68. The highest BCUT2D eigenvalue weighted by molar-refractivity contribution is 7.17. The maximum atomic E-state index is 3.51. The lowest BCUT2D eigenvalue weighted by Crippen LogP contribution is -2.09. The Hall–Kier alpha value is -1.06. The maximum Gasteiger partial charge on any atom is 0.0528 e. The van der Waals surface area contributed by atoms with Gasteiger partial charge in [-0.25, -0.2) is 0 Å². The van der Waals surface area contributed by atoms with Gasteiger partial charge in [-0.05, 0) is 32.5 Å². The van der Waals surface area contributed by atoms with Crippen LogP contribution in [-0.2, 0) is 0 Å². The van der Waals surface area contributed by atoms with Gasteiger partial charge in [0.25, 0.3) is 0 Å². The standard InChI is InChI=1S/C13H18N2S/c1-14-8-4-5-9-15-12-10-16-13-7-3-2-6-11(12)13/h2-3,6-7,10,14-15H,4-5,8-9H2,1H3. The Morgan fingerprint density at radius 2 is 1.94 bits per heavy atom. The van der Waals surface area contributed by atoms with Crippen LogP contribution in [-0.4, -0.2) is 20.1 Å². The topological polar surface area (TPSA) is 24.1 Å². The first kappa shape index (κ1) is 11.4. The predicted octanol–water partition coefficient (Wildman–Crippen LogP) is 3.31. The van der Waals surface area contributed by atoms with Crippen molar-refractivity contribution in [3.8, 4) is 0 Å². The summed E-state index contributed by atoms with van der Waals surface area (Å²) in [6.07, 6.45) is 2.44. The second-order valence-electron chi connectivity index (χ2n) is 3.88. The molecule has 2 aromatic rings. The lowest BCUT2D eigenvalue weighted by molar-refractivity contribution is 0.695. The van der Waals surface area contributed by atoms with E-state index in [1.807, 2.05) is 18.4 Å². The summed E-state index contributed by atoms with van der Waals surface area (Å²) in [5.41, 5.74) is 1.28. The van der Waals surface area contributed by atoms with Crippen molar-refractivity contribution in [2.75, 3.05) is 25.5 Å². The molecule has 0 fully saturated rings. The fourth-order valence-electron chi connectivity index (χ4n) is 1.76. The molecule has 0 aliphatic carbocycles. The molecule has 2 rings (SSSR count). The second kappa shape index (κ2) is 5.87. The van der Waals surface area contributed by atoms with E-state index < -0.39 is 0 Å². The third-order valence-corrected chi connectivity index (χ3v) is 3.61. The van der Waals surface area contributed by atoms with Crippen molar-refractivity contribution in [2.45, 2.75) is 12.8 Å². The minimum Gasteiger partial charge on any atom is -0.384 e. The number of nitrogens with one attached hydrogen (secondary N) is 2. The van der Waals surface area contributed by atoms with E-state index in [-0.39, 0.29) is 0 Å². The van der Waals surface area contributed by atoms with E-state index in [4.69, 9.17) is 0 Å². The average molecular weight is 234 g/mol.